The number of aromatic nitrogens is 3. The second-order valence-electron chi connectivity index (χ2n) is 2.42. The average Bonchev–Trinajstić information content (AvgIpc) is 2.74. The van der Waals surface area contributed by atoms with Crippen LogP contribution in [-0.4, -0.2) is 14.8 Å². The number of aryl methyl sites for hydroxylation is 1. The van der Waals surface area contributed by atoms with Gasteiger partial charge in [-0.2, -0.15) is 0 Å². The normalized spacial score (nSPS) is 10.4. The zero-order valence-electron chi connectivity index (χ0n) is 6.77. The maximum absolute atomic E-state index is 4.05. The molecule has 0 aromatic carbocycles. The first-order chi connectivity index (χ1) is 5.92. The molecule has 0 aliphatic rings. The molecule has 0 spiro atoms. The molecule has 0 saturated carbocycles. The predicted octanol–water partition coefficient (Wildman–Crippen LogP) is 2.03. The lowest BCUT2D eigenvalue weighted by molar-refractivity contribution is 0.768. The van der Waals surface area contributed by atoms with Crippen LogP contribution in [0, 0.1) is 0 Å². The quantitative estimate of drug-likeness (QED) is 0.706. The van der Waals surface area contributed by atoms with E-state index in [9.17, 15) is 0 Å². The largest absolute Gasteiger partial charge is 0.313 e. The second-order valence-corrected chi connectivity index (χ2v) is 3.37. The van der Waals surface area contributed by atoms with Crippen LogP contribution in [0.4, 0.5) is 0 Å². The van der Waals surface area contributed by atoms with Crippen LogP contribution in [0.2, 0.25) is 0 Å². The van der Waals surface area contributed by atoms with E-state index in [1.165, 1.54) is 4.88 Å². The van der Waals surface area contributed by atoms with Crippen molar-refractivity contribution in [2.45, 2.75) is 13.5 Å². The van der Waals surface area contributed by atoms with Crippen molar-refractivity contribution in [3.05, 3.63) is 23.8 Å². The number of nitrogens with zero attached hydrogens (tertiary/aromatic N) is 3. The smallest absolute Gasteiger partial charge is 0.173 e. The summed E-state index contributed by atoms with van der Waals surface area (Å²) in [5, 5.41) is 9.97. The first-order valence-electron chi connectivity index (χ1n) is 3.83. The highest BCUT2D eigenvalue weighted by atomic mass is 32.1. The Bertz CT molecular complexity index is 350. The Hall–Kier alpha value is -1.16. The van der Waals surface area contributed by atoms with Gasteiger partial charge in [0, 0.05) is 6.54 Å². The Labute approximate surface area is 74.7 Å². The van der Waals surface area contributed by atoms with Crippen LogP contribution < -0.4 is 0 Å². The molecule has 0 saturated heterocycles. The second kappa shape index (κ2) is 3.06. The van der Waals surface area contributed by atoms with E-state index in [4.69, 9.17) is 0 Å². The van der Waals surface area contributed by atoms with Crippen molar-refractivity contribution in [2.24, 2.45) is 0 Å². The van der Waals surface area contributed by atoms with E-state index in [-0.39, 0.29) is 0 Å². The molecule has 3 nitrogen and oxygen atoms in total. The van der Waals surface area contributed by atoms with Crippen molar-refractivity contribution in [1.82, 2.24) is 14.8 Å². The van der Waals surface area contributed by atoms with Gasteiger partial charge in [0.05, 0.1) is 4.88 Å². The van der Waals surface area contributed by atoms with Crippen LogP contribution in [0.1, 0.15) is 6.92 Å². The highest BCUT2D eigenvalue weighted by molar-refractivity contribution is 7.13. The lowest BCUT2D eigenvalue weighted by Gasteiger charge is -1.98. The summed E-state index contributed by atoms with van der Waals surface area (Å²) in [5.41, 5.74) is 0. The van der Waals surface area contributed by atoms with Gasteiger partial charge in [-0.3, -0.25) is 0 Å². The number of rotatable bonds is 2. The Kier molecular flexibility index (Phi) is 1.91. The zero-order chi connectivity index (χ0) is 8.39. The Morgan fingerprint density at radius 2 is 2.50 bits per heavy atom. The lowest BCUT2D eigenvalue weighted by atomic mass is 10.4. The molecule has 12 heavy (non-hydrogen) atoms. The number of hydrogen-bond donors (Lipinski definition) is 0. The SMILES string of the molecule is CCn1cnnc1-c1cccs1. The number of thiophene rings is 1. The summed E-state index contributed by atoms with van der Waals surface area (Å²) in [7, 11) is 0. The Morgan fingerprint density at radius 1 is 1.58 bits per heavy atom. The third kappa shape index (κ3) is 1.14. The fourth-order valence-corrected chi connectivity index (χ4v) is 1.81. The van der Waals surface area contributed by atoms with E-state index in [2.05, 4.69) is 23.2 Å². The molecular weight excluding hydrogens is 170 g/mol. The monoisotopic (exact) mass is 179 g/mol. The molecule has 0 amide bonds. The maximum Gasteiger partial charge on any atom is 0.173 e. The van der Waals surface area contributed by atoms with Gasteiger partial charge in [0.2, 0.25) is 0 Å². The predicted molar refractivity (Wildman–Crippen MR) is 49.0 cm³/mol. The molecule has 0 fully saturated rings. The molecule has 0 radical (unpaired) electrons. The zero-order valence-corrected chi connectivity index (χ0v) is 7.58. The fraction of sp³-hybridized carbons (Fsp3) is 0.250. The first-order valence-corrected chi connectivity index (χ1v) is 4.71. The fourth-order valence-electron chi connectivity index (χ4n) is 1.08. The summed E-state index contributed by atoms with van der Waals surface area (Å²) < 4.78 is 2.03. The van der Waals surface area contributed by atoms with E-state index in [0.29, 0.717) is 0 Å². The van der Waals surface area contributed by atoms with Crippen LogP contribution in [0.5, 0.6) is 0 Å². The molecule has 62 valence electrons. The van der Waals surface area contributed by atoms with Gasteiger partial charge in [-0.25, -0.2) is 0 Å². The summed E-state index contributed by atoms with van der Waals surface area (Å²) in [4.78, 5) is 1.18. The topological polar surface area (TPSA) is 30.7 Å². The first kappa shape index (κ1) is 7.49. The molecule has 0 unspecified atom stereocenters. The third-order valence-corrected chi connectivity index (χ3v) is 2.56. The molecule has 0 bridgehead atoms. The Balaban J connectivity index is 2.46. The standard InChI is InChI=1S/C8H9N3S/c1-2-11-6-9-10-8(11)7-4-3-5-12-7/h3-6H,2H2,1H3. The molecule has 2 aromatic heterocycles. The molecular formula is C8H9N3S. The van der Waals surface area contributed by atoms with Crippen LogP contribution in [0.25, 0.3) is 10.7 Å². The van der Waals surface area contributed by atoms with E-state index >= 15 is 0 Å². The molecule has 0 aliphatic carbocycles. The van der Waals surface area contributed by atoms with Crippen molar-refractivity contribution < 1.29 is 0 Å². The molecule has 0 N–H and O–H groups in total. The molecule has 0 atom stereocenters. The van der Waals surface area contributed by atoms with Crippen molar-refractivity contribution in [1.29, 1.82) is 0 Å². The van der Waals surface area contributed by atoms with E-state index in [1.54, 1.807) is 17.7 Å². The maximum atomic E-state index is 4.05. The summed E-state index contributed by atoms with van der Waals surface area (Å²) >= 11 is 1.69. The molecule has 2 aromatic rings. The minimum atomic E-state index is 0.917. The van der Waals surface area contributed by atoms with Gasteiger partial charge in [0.25, 0.3) is 0 Å². The molecule has 4 heteroatoms. The summed E-state index contributed by atoms with van der Waals surface area (Å²) in [6.45, 7) is 3.00. The van der Waals surface area contributed by atoms with Crippen molar-refractivity contribution in [3.8, 4) is 10.7 Å². The van der Waals surface area contributed by atoms with Gasteiger partial charge >= 0.3 is 0 Å². The lowest BCUT2D eigenvalue weighted by Crippen LogP contribution is -1.93. The average molecular weight is 179 g/mol. The minimum absolute atomic E-state index is 0.917. The third-order valence-electron chi connectivity index (χ3n) is 1.70. The molecule has 0 aliphatic heterocycles. The van der Waals surface area contributed by atoms with Gasteiger partial charge in [0.15, 0.2) is 5.82 Å². The van der Waals surface area contributed by atoms with Crippen LogP contribution >= 0.6 is 11.3 Å². The van der Waals surface area contributed by atoms with E-state index in [0.717, 1.165) is 12.4 Å². The van der Waals surface area contributed by atoms with Crippen LogP contribution in [-0.2, 0) is 6.54 Å². The van der Waals surface area contributed by atoms with Crippen LogP contribution in [0.15, 0.2) is 23.8 Å². The van der Waals surface area contributed by atoms with E-state index in [1.807, 2.05) is 16.0 Å². The van der Waals surface area contributed by atoms with Gasteiger partial charge in [0.1, 0.15) is 6.33 Å². The summed E-state index contributed by atoms with van der Waals surface area (Å²) in [6.07, 6.45) is 1.76. The minimum Gasteiger partial charge on any atom is -0.313 e. The highest BCUT2D eigenvalue weighted by Crippen LogP contribution is 2.21. The van der Waals surface area contributed by atoms with E-state index < -0.39 is 0 Å². The van der Waals surface area contributed by atoms with Gasteiger partial charge in [-0.15, -0.1) is 21.5 Å². The van der Waals surface area contributed by atoms with Gasteiger partial charge in [-0.05, 0) is 18.4 Å². The number of hydrogen-bond acceptors (Lipinski definition) is 3. The molecule has 2 rings (SSSR count). The highest BCUT2D eigenvalue weighted by Gasteiger charge is 2.05. The molecule has 2 heterocycles. The van der Waals surface area contributed by atoms with Crippen LogP contribution in [0.3, 0.4) is 0 Å². The Morgan fingerprint density at radius 3 is 3.17 bits per heavy atom. The van der Waals surface area contributed by atoms with Crippen molar-refractivity contribution >= 4 is 11.3 Å². The summed E-state index contributed by atoms with van der Waals surface area (Å²) in [6, 6.07) is 4.08. The summed E-state index contributed by atoms with van der Waals surface area (Å²) in [5.74, 6) is 0.965. The van der Waals surface area contributed by atoms with Gasteiger partial charge in [-0.1, -0.05) is 6.07 Å². The van der Waals surface area contributed by atoms with Crippen molar-refractivity contribution in [2.75, 3.05) is 0 Å². The van der Waals surface area contributed by atoms with Gasteiger partial charge < -0.3 is 4.57 Å². The van der Waals surface area contributed by atoms with Crippen molar-refractivity contribution in [3.63, 3.8) is 0 Å².